The van der Waals surface area contributed by atoms with Gasteiger partial charge < -0.3 is 138 Å². The number of phenolic OH excluding ortho intramolecular Hbond substituents is 3. The Morgan fingerprint density at radius 1 is 0.667 bits per heavy atom. The van der Waals surface area contributed by atoms with Gasteiger partial charge in [-0.3, -0.25) is 43.2 Å². The van der Waals surface area contributed by atoms with Crippen molar-refractivity contribution >= 4 is 76.4 Å². The zero-order chi connectivity index (χ0) is 93.0. The van der Waals surface area contributed by atoms with Crippen molar-refractivity contribution in [1.82, 2.24) is 53.2 Å². The van der Waals surface area contributed by atoms with Crippen molar-refractivity contribution < 1.29 is 127 Å². The van der Waals surface area contributed by atoms with E-state index in [1.165, 1.54) is 58.0 Å². The zero-order valence-corrected chi connectivity index (χ0v) is 72.7. The van der Waals surface area contributed by atoms with Crippen molar-refractivity contribution in [3.63, 3.8) is 0 Å². The Balaban J connectivity index is 0.987. The topological polar surface area (TPSA) is 547 Å². The molecular weight excluding hydrogens is 1720 g/mol. The third kappa shape index (κ3) is 23.4. The predicted molar refractivity (Wildman–Crippen MR) is 461 cm³/mol. The summed E-state index contributed by atoms with van der Waals surface area (Å²) in [5.41, 5.74) is 2.75. The van der Waals surface area contributed by atoms with Gasteiger partial charge in [0.05, 0.1) is 53.9 Å². The average molecular weight is 1830 g/mol. The van der Waals surface area contributed by atoms with Crippen molar-refractivity contribution in [2.24, 2.45) is 11.7 Å². The first-order valence-electron chi connectivity index (χ1n) is 42.2. The van der Waals surface area contributed by atoms with Crippen LogP contribution < -0.4 is 77.8 Å². The van der Waals surface area contributed by atoms with Crippen LogP contribution in [0.5, 0.6) is 51.7 Å². The summed E-state index contributed by atoms with van der Waals surface area (Å²) in [6.45, 7) is 8.03. The van der Waals surface area contributed by atoms with E-state index in [0.717, 1.165) is 110 Å². The van der Waals surface area contributed by atoms with Gasteiger partial charge in [-0.15, -0.1) is 0 Å². The first-order valence-corrected chi connectivity index (χ1v) is 43.0. The number of halogens is 3. The van der Waals surface area contributed by atoms with Crippen LogP contribution in [0.3, 0.4) is 0 Å². The molecule has 7 aliphatic heterocycles. The van der Waals surface area contributed by atoms with E-state index in [2.05, 4.69) is 60.1 Å². The molecule has 9 amide bonds. The summed E-state index contributed by atoms with van der Waals surface area (Å²) in [6, 6.07) is 11.9. The number of amides is 9. The summed E-state index contributed by atoms with van der Waals surface area (Å²) in [7, 11) is 1.47. The number of rotatable bonds is 28. The number of primary amides is 1. The first kappa shape index (κ1) is 96.5. The number of hydrogen-bond donors (Lipinski definition) is 20. The fraction of sp³-hybridized carbons (Fsp3) is 0.433. The molecule has 0 saturated carbocycles. The number of fused-ring (bicyclic) bond motifs is 15. The molecule has 18 atom stereocenters. The van der Waals surface area contributed by atoms with Gasteiger partial charge in [-0.1, -0.05) is 119 Å². The van der Waals surface area contributed by atoms with Gasteiger partial charge in [-0.25, -0.2) is 4.39 Å². The molecule has 39 heteroatoms. The van der Waals surface area contributed by atoms with Gasteiger partial charge in [-0.2, -0.15) is 0 Å². The van der Waals surface area contributed by atoms with Gasteiger partial charge in [0.25, 0.3) is 0 Å². The van der Waals surface area contributed by atoms with Gasteiger partial charge in [0, 0.05) is 36.7 Å². The number of carbonyl (C=O) groups excluding carboxylic acids is 9. The van der Waals surface area contributed by atoms with E-state index in [0.29, 0.717) is 17.9 Å². The van der Waals surface area contributed by atoms with Crippen molar-refractivity contribution in [1.29, 1.82) is 0 Å². The van der Waals surface area contributed by atoms with Crippen LogP contribution in [0.1, 0.15) is 162 Å². The number of likely N-dealkylation sites (N-methyl/N-ethyl adjacent to an activating group) is 1. The standard InChI is InChI=1S/C90H106Cl2FN11O25/c1-7-8-9-10-11-12-27-123-52-22-15-44(16-23-52)38-96-40-67(110)104-90(5)37-68(124-43(4)81(90)115)128-80-78(114)77(113)65(41-105)127-89(80)129-79-63-32-49-33-64(79)126-62-26-19-48(31-56(62)92)76(112)74-88(122)101-72(84(118)97-39-45-13-20-50(93)21-14-45)54-34-51(106)35-60(108)69(54)53-29-46(17-24-59(53)107)70(85(119)103-74)100-86(120)71(49)99-83(117)58(36-66(94)109)98-87(121)73(102-82(116)57(95-6)28-42(2)3)75(111)47-18-25-61(125-63)55(91)30-47/h13-26,29-35,42-43,57-58,65,68,70-78,80-81,89,95-96,105-108,111-115H,7-12,27-28,36-41H2,1-6H3,(H2,94,109)(H,97,118)(H,98,121)(H,99,117)(H,100,120)(H,101,122)(H,102,116)(H,103,119)(H,104,110)/t43-,57+,58-,65+,68-,70+,71+,72-,73+,74-,75+,76+,77+,78-,80+,81+,89-,90-/m0/s1. The molecule has 11 bridgehead atoms. The quantitative estimate of drug-likeness (QED) is 0.0281. The molecule has 2 saturated heterocycles. The highest BCUT2D eigenvalue weighted by molar-refractivity contribution is 6.32. The lowest BCUT2D eigenvalue weighted by molar-refractivity contribution is -0.334. The van der Waals surface area contributed by atoms with Gasteiger partial charge in [-0.05, 0) is 157 Å². The molecule has 36 nitrogen and oxygen atoms in total. The summed E-state index contributed by atoms with van der Waals surface area (Å²) < 4.78 is 59.6. The number of aliphatic hydroxyl groups is 6. The minimum absolute atomic E-state index is 0.121. The zero-order valence-electron chi connectivity index (χ0n) is 71.2. The number of aliphatic hydroxyl groups excluding tert-OH is 6. The number of unbranched alkanes of at least 4 members (excludes halogenated alkanes) is 5. The molecule has 7 aromatic carbocycles. The monoisotopic (exact) mass is 1830 g/mol. The third-order valence-electron chi connectivity index (χ3n) is 22.9. The highest BCUT2D eigenvalue weighted by atomic mass is 35.5. The minimum Gasteiger partial charge on any atom is -0.508 e. The van der Waals surface area contributed by atoms with Gasteiger partial charge in [0.2, 0.25) is 65.2 Å². The molecule has 129 heavy (non-hydrogen) atoms. The van der Waals surface area contributed by atoms with E-state index >= 15 is 24.0 Å². The average Bonchev–Trinajstić information content (AvgIpc) is 0.763. The second kappa shape index (κ2) is 42.8. The van der Waals surface area contributed by atoms with Crippen LogP contribution in [0.15, 0.2) is 127 Å². The van der Waals surface area contributed by atoms with E-state index in [-0.39, 0.29) is 65.9 Å². The van der Waals surface area contributed by atoms with Crippen LogP contribution in [-0.2, 0) is 70.5 Å². The molecule has 0 aromatic heterocycles. The summed E-state index contributed by atoms with van der Waals surface area (Å²) in [5.74, 6) is -15.9. The third-order valence-corrected chi connectivity index (χ3v) is 23.4. The summed E-state index contributed by atoms with van der Waals surface area (Å²) in [5, 5.41) is 133. The van der Waals surface area contributed by atoms with Crippen molar-refractivity contribution in [3.8, 4) is 62.9 Å². The molecule has 7 aliphatic rings. The fourth-order valence-corrected chi connectivity index (χ4v) is 16.4. The molecule has 7 aromatic rings. The number of benzene rings is 7. The number of aromatic hydroxyl groups is 3. The molecule has 0 unspecified atom stereocenters. The van der Waals surface area contributed by atoms with Crippen molar-refractivity contribution in [2.45, 2.75) is 215 Å². The minimum atomic E-state index is -2.40. The highest BCUT2D eigenvalue weighted by Crippen LogP contribution is 2.50. The maximum Gasteiger partial charge on any atom is 0.248 e. The van der Waals surface area contributed by atoms with Crippen LogP contribution in [-0.4, -0.2) is 205 Å². The normalized spacial score (nSPS) is 25.5. The predicted octanol–water partition coefficient (Wildman–Crippen LogP) is 5.16. The molecule has 0 radical (unpaired) electrons. The maximum atomic E-state index is 16.4. The number of ether oxygens (including phenoxy) is 7. The Morgan fingerprint density at radius 3 is 1.93 bits per heavy atom. The molecule has 0 aliphatic carbocycles. The lowest BCUT2D eigenvalue weighted by atomic mass is 9.85. The van der Waals surface area contributed by atoms with E-state index in [4.69, 9.17) is 62.1 Å². The Bertz CT molecular complexity index is 5260. The number of carbonyl (C=O) groups is 9. The van der Waals surface area contributed by atoms with E-state index in [1.54, 1.807) is 0 Å². The SMILES string of the molecule is CCCCCCCCOc1ccc(CNCC(=O)N[C@@]2(C)C[C@H](O[C@H]3[C@H](Oc4c5cc6cc4Oc4ccc(cc4Cl)[C@@H](O)[C@@H](NC(=O)[C@@H](CC(C)C)NC)C(=O)N[C@@H](CC(N)=O)C(=O)N[C@H]6C(=O)N[C@H]4C(=O)N[C@H](C(=O)N[C@H](C(=O)NCc6ccc(F)cc6)c6cc(O)cc(O)c6-c6cc4ccc6O)[C@H](O)c4ccc(c(Cl)c4)O5)O[C@H](CO)[C@@H](O)[C@@H]3O)O[C@@H](C)[C@H]2O)cc1. The summed E-state index contributed by atoms with van der Waals surface area (Å²) in [4.78, 5) is 135. The van der Waals surface area contributed by atoms with Crippen LogP contribution in [0.2, 0.25) is 10.0 Å². The lowest BCUT2D eigenvalue weighted by Gasteiger charge is -2.48. The maximum absolute atomic E-state index is 16.4. The molecule has 14 rings (SSSR count). The van der Waals surface area contributed by atoms with Crippen molar-refractivity contribution in [3.05, 3.63) is 182 Å². The fourth-order valence-electron chi connectivity index (χ4n) is 16.0. The molecule has 7 heterocycles. The first-order chi connectivity index (χ1) is 61.5. The number of phenols is 3. The molecule has 2 fully saturated rings. The summed E-state index contributed by atoms with van der Waals surface area (Å²) in [6.07, 6.45) is -13.1. The molecular formula is C90H106Cl2FN11O25. The van der Waals surface area contributed by atoms with Crippen LogP contribution in [0.4, 0.5) is 4.39 Å². The smallest absolute Gasteiger partial charge is 0.248 e. The highest BCUT2D eigenvalue weighted by Gasteiger charge is 2.53. The number of hydrogen-bond acceptors (Lipinski definition) is 27. The lowest BCUT2D eigenvalue weighted by Crippen LogP contribution is -2.66. The van der Waals surface area contributed by atoms with Gasteiger partial charge in [0.15, 0.2) is 23.9 Å². The largest absolute Gasteiger partial charge is 0.508 e. The second-order valence-electron chi connectivity index (χ2n) is 33.0. The Kier molecular flexibility index (Phi) is 32.0. The molecule has 21 N–H and O–H groups in total. The Labute approximate surface area is 750 Å². The van der Waals surface area contributed by atoms with Gasteiger partial charge >= 0.3 is 0 Å². The molecule has 692 valence electrons. The number of nitrogens with one attached hydrogen (secondary N) is 10. The van der Waals surface area contributed by atoms with Crippen LogP contribution in [0.25, 0.3) is 11.1 Å². The summed E-state index contributed by atoms with van der Waals surface area (Å²) >= 11 is 14.4. The number of nitrogens with two attached hydrogens (primary N) is 1. The van der Waals surface area contributed by atoms with E-state index in [9.17, 15) is 69.5 Å². The Morgan fingerprint density at radius 2 is 1.29 bits per heavy atom. The second-order valence-corrected chi connectivity index (χ2v) is 33.9. The van der Waals surface area contributed by atoms with E-state index < -0.39 is 249 Å². The van der Waals surface area contributed by atoms with Crippen LogP contribution >= 0.6 is 23.2 Å². The Hall–Kier alpha value is -11.6. The van der Waals surface area contributed by atoms with Crippen molar-refractivity contribution in [2.75, 3.05) is 26.8 Å². The molecule has 0 spiro atoms. The van der Waals surface area contributed by atoms with Gasteiger partial charge in [0.1, 0.15) is 113 Å². The van der Waals surface area contributed by atoms with Crippen LogP contribution in [0, 0.1) is 11.7 Å². The van der Waals surface area contributed by atoms with E-state index in [1.807, 2.05) is 38.1 Å².